The smallest absolute Gasteiger partial charge is 0.253 e. The van der Waals surface area contributed by atoms with Crippen molar-refractivity contribution in [2.75, 3.05) is 11.5 Å². The fraction of sp³-hybridized carbons (Fsp3) is 0. The van der Waals surface area contributed by atoms with E-state index >= 15 is 0 Å². The number of halogens is 3. The van der Waals surface area contributed by atoms with Crippen molar-refractivity contribution in [3.8, 4) is 11.5 Å². The highest BCUT2D eigenvalue weighted by molar-refractivity contribution is 6.72. The Morgan fingerprint density at radius 1 is 0.633 bits per heavy atom. The summed E-state index contributed by atoms with van der Waals surface area (Å²) < 4.78 is 5.58. The van der Waals surface area contributed by atoms with Gasteiger partial charge in [-0.05, 0) is 89.4 Å². The van der Waals surface area contributed by atoms with Crippen LogP contribution in [-0.2, 0) is 0 Å². The van der Waals surface area contributed by atoms with E-state index in [-0.39, 0.29) is 16.7 Å². The van der Waals surface area contributed by atoms with Crippen molar-refractivity contribution < 1.29 is 19.1 Å². The lowest BCUT2D eigenvalue weighted by molar-refractivity contribution is 0.105. The van der Waals surface area contributed by atoms with E-state index in [1.807, 2.05) is 30.3 Å². The van der Waals surface area contributed by atoms with Gasteiger partial charge in [-0.2, -0.15) is 0 Å². The van der Waals surface area contributed by atoms with Crippen LogP contribution in [0.15, 0.2) is 66.7 Å². The number of carbonyl (C=O) groups is 3. The van der Waals surface area contributed by atoms with Crippen LogP contribution in [-0.4, -0.2) is 15.7 Å². The zero-order valence-electron chi connectivity index (χ0n) is 15.3. The highest BCUT2D eigenvalue weighted by Crippen LogP contribution is 2.23. The molecule has 9 heteroatoms. The molecule has 3 aromatic rings. The van der Waals surface area contributed by atoms with E-state index in [0.717, 1.165) is 23.3 Å². The summed E-state index contributed by atoms with van der Waals surface area (Å²) >= 11 is 15.6. The van der Waals surface area contributed by atoms with Crippen molar-refractivity contribution in [2.24, 2.45) is 0 Å². The van der Waals surface area contributed by atoms with E-state index in [1.165, 1.54) is 12.1 Å². The van der Waals surface area contributed by atoms with Gasteiger partial charge in [0.2, 0.25) is 0 Å². The van der Waals surface area contributed by atoms with Crippen LogP contribution in [0.2, 0.25) is 0 Å². The standard InChI is InChI=1S/C12H12N2O.C9H3Cl3O3/c13-9-4-6-11(7-5-9)15-12-3-1-2-10(14)8-12;10-7(13)4-1-2-5(8(11)14)6(3-4)9(12)15/h1-8H,13-14H2;1-3H. The zero-order valence-corrected chi connectivity index (χ0v) is 17.5. The Morgan fingerprint density at radius 3 is 1.80 bits per heavy atom. The summed E-state index contributed by atoms with van der Waals surface area (Å²) in [5, 5.41) is -2.45. The molecule has 6 nitrogen and oxygen atoms in total. The van der Waals surface area contributed by atoms with E-state index in [4.69, 9.17) is 51.0 Å². The zero-order chi connectivity index (χ0) is 22.3. The molecular formula is C21H15Cl3N2O4. The van der Waals surface area contributed by atoms with Gasteiger partial charge in [0.05, 0.1) is 0 Å². The Balaban J connectivity index is 0.000000214. The number of hydrogen-bond donors (Lipinski definition) is 2. The summed E-state index contributed by atoms with van der Waals surface area (Å²) in [6.07, 6.45) is 0. The average molecular weight is 466 g/mol. The number of hydrogen-bond acceptors (Lipinski definition) is 6. The molecule has 3 rings (SSSR count). The molecule has 154 valence electrons. The number of benzene rings is 3. The largest absolute Gasteiger partial charge is 0.457 e. The predicted molar refractivity (Wildman–Crippen MR) is 119 cm³/mol. The maximum absolute atomic E-state index is 10.9. The van der Waals surface area contributed by atoms with Gasteiger partial charge in [0.1, 0.15) is 11.5 Å². The number of anilines is 2. The van der Waals surface area contributed by atoms with Crippen LogP contribution >= 0.6 is 34.8 Å². The van der Waals surface area contributed by atoms with Crippen LogP contribution in [0.25, 0.3) is 0 Å². The van der Waals surface area contributed by atoms with E-state index in [0.29, 0.717) is 5.69 Å². The van der Waals surface area contributed by atoms with Crippen molar-refractivity contribution in [2.45, 2.75) is 0 Å². The van der Waals surface area contributed by atoms with Crippen LogP contribution < -0.4 is 16.2 Å². The van der Waals surface area contributed by atoms with Crippen molar-refractivity contribution in [1.82, 2.24) is 0 Å². The lowest BCUT2D eigenvalue weighted by atomic mass is 10.1. The molecule has 0 heterocycles. The average Bonchev–Trinajstić information content (AvgIpc) is 2.69. The van der Waals surface area contributed by atoms with Crippen LogP contribution in [0.3, 0.4) is 0 Å². The van der Waals surface area contributed by atoms with Crippen molar-refractivity contribution in [3.63, 3.8) is 0 Å². The molecule has 0 atom stereocenters. The molecule has 0 spiro atoms. The Labute approximate surface area is 187 Å². The Bertz CT molecular complexity index is 1090. The van der Waals surface area contributed by atoms with Crippen molar-refractivity contribution in [1.29, 1.82) is 0 Å². The molecule has 0 unspecified atom stereocenters. The second-order valence-electron chi connectivity index (χ2n) is 5.83. The first kappa shape index (κ1) is 23.2. The molecule has 0 aliphatic heterocycles. The molecular weight excluding hydrogens is 451 g/mol. The third-order valence-electron chi connectivity index (χ3n) is 3.64. The van der Waals surface area contributed by atoms with Gasteiger partial charge in [-0.15, -0.1) is 0 Å². The minimum atomic E-state index is -0.876. The van der Waals surface area contributed by atoms with Gasteiger partial charge in [0.25, 0.3) is 15.7 Å². The van der Waals surface area contributed by atoms with Gasteiger partial charge in [0, 0.05) is 34.1 Å². The third-order valence-corrected chi connectivity index (χ3v) is 4.27. The fourth-order valence-electron chi connectivity index (χ4n) is 2.25. The first-order valence-electron chi connectivity index (χ1n) is 8.30. The second-order valence-corrected chi connectivity index (χ2v) is 6.85. The molecule has 30 heavy (non-hydrogen) atoms. The maximum Gasteiger partial charge on any atom is 0.253 e. The van der Waals surface area contributed by atoms with Crippen LogP contribution in [0, 0.1) is 0 Å². The summed E-state index contributed by atoms with van der Waals surface area (Å²) in [6.45, 7) is 0. The fourth-order valence-corrected chi connectivity index (χ4v) is 2.69. The molecule has 3 aromatic carbocycles. The molecule has 0 fully saturated rings. The lowest BCUT2D eigenvalue weighted by Gasteiger charge is -2.06. The van der Waals surface area contributed by atoms with Gasteiger partial charge in [-0.1, -0.05) is 6.07 Å². The highest BCUT2D eigenvalue weighted by atomic mass is 35.5. The quantitative estimate of drug-likeness (QED) is 0.382. The van der Waals surface area contributed by atoms with Crippen LogP contribution in [0.4, 0.5) is 11.4 Å². The first-order chi connectivity index (χ1) is 14.2. The molecule has 0 amide bonds. The van der Waals surface area contributed by atoms with Crippen LogP contribution in [0.5, 0.6) is 11.5 Å². The number of ether oxygens (including phenoxy) is 1. The minimum absolute atomic E-state index is 0.0571. The Morgan fingerprint density at radius 2 is 1.27 bits per heavy atom. The molecule has 4 N–H and O–H groups in total. The van der Waals surface area contributed by atoms with Gasteiger partial charge >= 0.3 is 0 Å². The summed E-state index contributed by atoms with van der Waals surface area (Å²) in [5.41, 5.74) is 12.5. The highest BCUT2D eigenvalue weighted by Gasteiger charge is 2.16. The number of carbonyl (C=O) groups excluding carboxylic acids is 3. The van der Waals surface area contributed by atoms with Gasteiger partial charge in [-0.25, -0.2) is 0 Å². The Hall–Kier alpha value is -3.06. The summed E-state index contributed by atoms with van der Waals surface area (Å²) in [4.78, 5) is 32.6. The van der Waals surface area contributed by atoms with E-state index in [2.05, 4.69) is 0 Å². The van der Waals surface area contributed by atoms with Gasteiger partial charge in [-0.3, -0.25) is 14.4 Å². The SMILES string of the molecule is Nc1ccc(Oc2cccc(N)c2)cc1.O=C(Cl)c1ccc(C(=O)Cl)c(C(=O)Cl)c1. The van der Waals surface area contributed by atoms with E-state index in [1.54, 1.807) is 18.2 Å². The number of rotatable bonds is 5. The summed E-state index contributed by atoms with van der Waals surface area (Å²) in [5.74, 6) is 1.47. The molecule has 0 saturated carbocycles. The molecule has 0 saturated heterocycles. The third kappa shape index (κ3) is 6.77. The van der Waals surface area contributed by atoms with E-state index < -0.39 is 15.7 Å². The Kier molecular flexibility index (Phi) is 8.24. The normalized spacial score (nSPS) is 9.83. The predicted octanol–water partition coefficient (Wildman–Crippen LogP) is 5.47. The first-order valence-corrected chi connectivity index (χ1v) is 9.43. The summed E-state index contributed by atoms with van der Waals surface area (Å²) in [6, 6.07) is 18.1. The van der Waals surface area contributed by atoms with Gasteiger partial charge in [0.15, 0.2) is 0 Å². The number of nitrogens with two attached hydrogens (primary N) is 2. The van der Waals surface area contributed by atoms with Crippen molar-refractivity contribution in [3.05, 3.63) is 83.4 Å². The molecule has 0 radical (unpaired) electrons. The second kappa shape index (κ2) is 10.6. The molecule has 0 aliphatic rings. The molecule has 0 aliphatic carbocycles. The van der Waals surface area contributed by atoms with Gasteiger partial charge < -0.3 is 16.2 Å². The van der Waals surface area contributed by atoms with Crippen LogP contribution in [0.1, 0.15) is 31.1 Å². The molecule has 0 bridgehead atoms. The van der Waals surface area contributed by atoms with Crippen molar-refractivity contribution >= 4 is 61.9 Å². The maximum atomic E-state index is 10.9. The summed E-state index contributed by atoms with van der Waals surface area (Å²) in [7, 11) is 0. The number of nitrogen functional groups attached to an aromatic ring is 2. The topological polar surface area (TPSA) is 112 Å². The monoisotopic (exact) mass is 464 g/mol. The lowest BCUT2D eigenvalue weighted by Crippen LogP contribution is -2.03. The van der Waals surface area contributed by atoms with E-state index in [9.17, 15) is 14.4 Å². The molecule has 0 aromatic heterocycles. The minimum Gasteiger partial charge on any atom is -0.457 e.